The third-order valence-corrected chi connectivity index (χ3v) is 1.88. The van der Waals surface area contributed by atoms with E-state index in [1.165, 1.54) is 19.2 Å². The van der Waals surface area contributed by atoms with Crippen molar-refractivity contribution in [1.29, 1.82) is 0 Å². The molecule has 0 saturated heterocycles. The van der Waals surface area contributed by atoms with Crippen LogP contribution in [-0.2, 0) is 9.53 Å². The van der Waals surface area contributed by atoms with Gasteiger partial charge in [-0.05, 0) is 18.6 Å². The molecule has 0 N–H and O–H groups in total. The Morgan fingerprint density at radius 2 is 2.19 bits per heavy atom. The molecule has 1 aromatic rings. The van der Waals surface area contributed by atoms with E-state index in [4.69, 9.17) is 4.74 Å². The fraction of sp³-hybridized carbons (Fsp3) is 0.300. The maximum atomic E-state index is 10.8. The van der Waals surface area contributed by atoms with Gasteiger partial charge >= 0.3 is 11.7 Å². The number of carbonyl (C=O) groups is 1. The number of nitrogens with zero attached hydrogens (tertiary/aromatic N) is 1. The molecular formula is C10H11NO5. The van der Waals surface area contributed by atoms with Gasteiger partial charge in [-0.3, -0.25) is 10.1 Å². The Kier molecular flexibility index (Phi) is 3.82. The summed E-state index contributed by atoms with van der Waals surface area (Å²) in [5, 5.41) is 10.7. The van der Waals surface area contributed by atoms with Gasteiger partial charge in [-0.1, -0.05) is 6.07 Å². The average molecular weight is 225 g/mol. The number of benzene rings is 1. The van der Waals surface area contributed by atoms with E-state index in [2.05, 4.69) is 4.74 Å². The van der Waals surface area contributed by atoms with Crippen LogP contribution in [0, 0.1) is 17.0 Å². The highest BCUT2D eigenvalue weighted by Gasteiger charge is 2.16. The lowest BCUT2D eigenvalue weighted by Gasteiger charge is -2.05. The predicted molar refractivity (Wildman–Crippen MR) is 55.3 cm³/mol. The number of carbonyl (C=O) groups excluding carboxylic acids is 1. The molecule has 0 aromatic heterocycles. The molecule has 6 nitrogen and oxygen atoms in total. The van der Waals surface area contributed by atoms with Crippen LogP contribution < -0.4 is 4.74 Å². The summed E-state index contributed by atoms with van der Waals surface area (Å²) in [4.78, 5) is 21.0. The standard InChI is InChI=1S/C10H11NO5/c1-7-3-4-9(8(5-7)11(13)14)16-6-10(12)15-2/h3-5H,6H2,1-2H3. The van der Waals surface area contributed by atoms with E-state index in [0.29, 0.717) is 0 Å². The van der Waals surface area contributed by atoms with Gasteiger partial charge in [0.1, 0.15) is 0 Å². The van der Waals surface area contributed by atoms with Gasteiger partial charge < -0.3 is 9.47 Å². The molecule has 0 aliphatic carbocycles. The molecule has 0 heterocycles. The van der Waals surface area contributed by atoms with Crippen molar-refractivity contribution in [3.8, 4) is 5.75 Å². The Labute approximate surface area is 91.9 Å². The van der Waals surface area contributed by atoms with Crippen LogP contribution in [0.1, 0.15) is 5.56 Å². The first-order valence-electron chi connectivity index (χ1n) is 4.49. The fourth-order valence-electron chi connectivity index (χ4n) is 1.09. The van der Waals surface area contributed by atoms with Gasteiger partial charge in [0.05, 0.1) is 12.0 Å². The summed E-state index contributed by atoms with van der Waals surface area (Å²) < 4.78 is 9.35. The van der Waals surface area contributed by atoms with Crippen molar-refractivity contribution in [2.45, 2.75) is 6.92 Å². The van der Waals surface area contributed by atoms with Crippen LogP contribution >= 0.6 is 0 Å². The Balaban J connectivity index is 2.87. The van der Waals surface area contributed by atoms with Crippen molar-refractivity contribution in [1.82, 2.24) is 0 Å². The zero-order valence-corrected chi connectivity index (χ0v) is 8.93. The molecule has 0 saturated carbocycles. The Bertz CT molecular complexity index is 416. The zero-order valence-electron chi connectivity index (χ0n) is 8.93. The Morgan fingerprint density at radius 1 is 1.50 bits per heavy atom. The van der Waals surface area contributed by atoms with Crippen LogP contribution in [0.2, 0.25) is 0 Å². The SMILES string of the molecule is COC(=O)COc1ccc(C)cc1[N+](=O)[O-]. The van der Waals surface area contributed by atoms with Gasteiger partial charge in [-0.25, -0.2) is 4.79 Å². The van der Waals surface area contributed by atoms with Crippen LogP contribution in [0.4, 0.5) is 5.69 Å². The van der Waals surface area contributed by atoms with E-state index in [1.54, 1.807) is 13.0 Å². The number of methoxy groups -OCH3 is 1. The highest BCUT2D eigenvalue weighted by molar-refractivity contribution is 5.71. The van der Waals surface area contributed by atoms with E-state index in [1.807, 2.05) is 0 Å². The number of esters is 1. The molecule has 16 heavy (non-hydrogen) atoms. The lowest BCUT2D eigenvalue weighted by molar-refractivity contribution is -0.385. The van der Waals surface area contributed by atoms with Crippen LogP contribution in [0.25, 0.3) is 0 Å². The van der Waals surface area contributed by atoms with Gasteiger partial charge in [-0.15, -0.1) is 0 Å². The highest BCUT2D eigenvalue weighted by Crippen LogP contribution is 2.27. The second-order valence-corrected chi connectivity index (χ2v) is 3.09. The van der Waals surface area contributed by atoms with Gasteiger partial charge in [0, 0.05) is 6.07 Å². The van der Waals surface area contributed by atoms with Crippen LogP contribution in [0.3, 0.4) is 0 Å². The van der Waals surface area contributed by atoms with Gasteiger partial charge in [0.15, 0.2) is 12.4 Å². The van der Waals surface area contributed by atoms with E-state index >= 15 is 0 Å². The number of ether oxygens (including phenoxy) is 2. The summed E-state index contributed by atoms with van der Waals surface area (Å²) in [5.74, 6) is -0.532. The molecule has 1 rings (SSSR count). The molecule has 0 aliphatic rings. The zero-order chi connectivity index (χ0) is 12.1. The minimum absolute atomic E-state index is 0.0565. The van der Waals surface area contributed by atoms with E-state index in [0.717, 1.165) is 5.56 Å². The molecule has 0 radical (unpaired) electrons. The van der Waals surface area contributed by atoms with Gasteiger partial charge in [-0.2, -0.15) is 0 Å². The lowest BCUT2D eigenvalue weighted by atomic mass is 10.2. The second kappa shape index (κ2) is 5.11. The predicted octanol–water partition coefficient (Wildman–Crippen LogP) is 1.46. The second-order valence-electron chi connectivity index (χ2n) is 3.09. The molecule has 1 aromatic carbocycles. The van der Waals surface area contributed by atoms with Crippen molar-refractivity contribution >= 4 is 11.7 Å². The number of nitro benzene ring substituents is 1. The van der Waals surface area contributed by atoms with Crippen molar-refractivity contribution in [2.75, 3.05) is 13.7 Å². The van der Waals surface area contributed by atoms with E-state index in [-0.39, 0.29) is 18.0 Å². The summed E-state index contributed by atoms with van der Waals surface area (Å²) in [6.45, 7) is 1.39. The van der Waals surface area contributed by atoms with Crippen LogP contribution in [0.5, 0.6) is 5.75 Å². The Hall–Kier alpha value is -2.11. The normalized spacial score (nSPS) is 9.62. The maximum Gasteiger partial charge on any atom is 0.343 e. The molecular weight excluding hydrogens is 214 g/mol. The van der Waals surface area contributed by atoms with E-state index < -0.39 is 10.9 Å². The number of aryl methyl sites for hydroxylation is 1. The quantitative estimate of drug-likeness (QED) is 0.440. The number of hydrogen-bond acceptors (Lipinski definition) is 5. The lowest BCUT2D eigenvalue weighted by Crippen LogP contribution is -2.13. The molecule has 0 unspecified atom stereocenters. The van der Waals surface area contributed by atoms with Crippen LogP contribution in [0.15, 0.2) is 18.2 Å². The van der Waals surface area contributed by atoms with Crippen molar-refractivity contribution in [2.24, 2.45) is 0 Å². The molecule has 0 aliphatic heterocycles. The molecule has 0 atom stereocenters. The molecule has 86 valence electrons. The third kappa shape index (κ3) is 2.94. The molecule has 0 spiro atoms. The largest absolute Gasteiger partial charge is 0.475 e. The first-order chi connectivity index (χ1) is 7.54. The molecule has 6 heteroatoms. The summed E-state index contributed by atoms with van der Waals surface area (Å²) in [5.41, 5.74) is 0.584. The first-order valence-corrected chi connectivity index (χ1v) is 4.49. The first kappa shape index (κ1) is 12.0. The van der Waals surface area contributed by atoms with E-state index in [9.17, 15) is 14.9 Å². The fourth-order valence-corrected chi connectivity index (χ4v) is 1.09. The molecule has 0 fully saturated rings. The summed E-state index contributed by atoms with van der Waals surface area (Å²) in [6, 6.07) is 4.50. The highest BCUT2D eigenvalue weighted by atomic mass is 16.6. The monoisotopic (exact) mass is 225 g/mol. The van der Waals surface area contributed by atoms with Crippen LogP contribution in [-0.4, -0.2) is 24.6 Å². The molecule has 0 bridgehead atoms. The number of rotatable bonds is 4. The summed E-state index contributed by atoms with van der Waals surface area (Å²) >= 11 is 0. The van der Waals surface area contributed by atoms with Gasteiger partial charge in [0.2, 0.25) is 0 Å². The number of hydrogen-bond donors (Lipinski definition) is 0. The third-order valence-electron chi connectivity index (χ3n) is 1.88. The number of nitro groups is 1. The van der Waals surface area contributed by atoms with Crippen molar-refractivity contribution < 1.29 is 19.2 Å². The smallest absolute Gasteiger partial charge is 0.343 e. The van der Waals surface area contributed by atoms with Gasteiger partial charge in [0.25, 0.3) is 0 Å². The minimum Gasteiger partial charge on any atom is -0.475 e. The van der Waals surface area contributed by atoms with Crippen molar-refractivity contribution in [3.63, 3.8) is 0 Å². The summed E-state index contributed by atoms with van der Waals surface area (Å²) in [7, 11) is 1.22. The molecule has 0 amide bonds. The average Bonchev–Trinajstić information content (AvgIpc) is 2.26. The Morgan fingerprint density at radius 3 is 2.75 bits per heavy atom. The minimum atomic E-state index is -0.588. The maximum absolute atomic E-state index is 10.8. The summed E-state index contributed by atoms with van der Waals surface area (Å²) in [6.07, 6.45) is 0. The topological polar surface area (TPSA) is 78.7 Å². The van der Waals surface area contributed by atoms with Crippen molar-refractivity contribution in [3.05, 3.63) is 33.9 Å².